The molecular formula is C17H14F4N6O. The van der Waals surface area contributed by atoms with E-state index in [4.69, 9.17) is 0 Å². The number of nitrogens with one attached hydrogen (secondary N) is 1. The summed E-state index contributed by atoms with van der Waals surface area (Å²) in [6.07, 6.45) is -2.97. The SMILES string of the molecule is CC1Cc2c(nnn2-c2ccn[nH]2)CN1C(=O)c1cccc(C(F)(F)F)c1F. The first kappa shape index (κ1) is 18.1. The summed E-state index contributed by atoms with van der Waals surface area (Å²) in [5.41, 5.74) is -0.835. The van der Waals surface area contributed by atoms with Crippen molar-refractivity contribution < 1.29 is 22.4 Å². The van der Waals surface area contributed by atoms with Crippen LogP contribution in [0.1, 0.15) is 34.2 Å². The zero-order chi connectivity index (χ0) is 20.1. The molecular weight excluding hydrogens is 380 g/mol. The fourth-order valence-electron chi connectivity index (χ4n) is 3.27. The summed E-state index contributed by atoms with van der Waals surface area (Å²) in [5.74, 6) is -1.79. The van der Waals surface area contributed by atoms with Gasteiger partial charge in [-0.15, -0.1) is 5.10 Å². The average Bonchev–Trinajstić information content (AvgIpc) is 3.28. The van der Waals surface area contributed by atoms with Crippen molar-refractivity contribution in [3.8, 4) is 5.82 Å². The van der Waals surface area contributed by atoms with Crippen LogP contribution in [0.5, 0.6) is 0 Å². The van der Waals surface area contributed by atoms with Gasteiger partial charge in [0.25, 0.3) is 5.91 Å². The molecule has 1 aliphatic heterocycles. The van der Waals surface area contributed by atoms with Gasteiger partial charge in [-0.2, -0.15) is 23.0 Å². The van der Waals surface area contributed by atoms with E-state index in [-0.39, 0.29) is 6.54 Å². The summed E-state index contributed by atoms with van der Waals surface area (Å²) in [7, 11) is 0. The predicted octanol–water partition coefficient (Wildman–Crippen LogP) is 2.74. The third kappa shape index (κ3) is 2.92. The highest BCUT2D eigenvalue weighted by Crippen LogP contribution is 2.33. The van der Waals surface area contributed by atoms with Gasteiger partial charge in [0, 0.05) is 18.5 Å². The second-order valence-electron chi connectivity index (χ2n) is 6.49. The lowest BCUT2D eigenvalue weighted by molar-refractivity contribution is -0.140. The first-order valence-corrected chi connectivity index (χ1v) is 8.37. The number of alkyl halides is 3. The van der Waals surface area contributed by atoms with E-state index in [1.807, 2.05) is 0 Å². The summed E-state index contributed by atoms with van der Waals surface area (Å²) < 4.78 is 54.8. The van der Waals surface area contributed by atoms with Gasteiger partial charge in [-0.1, -0.05) is 11.3 Å². The van der Waals surface area contributed by atoms with Gasteiger partial charge < -0.3 is 4.90 Å². The first-order chi connectivity index (χ1) is 13.3. The van der Waals surface area contributed by atoms with Crippen LogP contribution in [-0.2, 0) is 19.1 Å². The van der Waals surface area contributed by atoms with Crippen LogP contribution < -0.4 is 0 Å². The Kier molecular flexibility index (Phi) is 4.16. The van der Waals surface area contributed by atoms with Crippen LogP contribution in [0.3, 0.4) is 0 Å². The molecule has 4 rings (SSSR count). The number of fused-ring (bicyclic) bond motifs is 1. The lowest BCUT2D eigenvalue weighted by atomic mass is 10.0. The minimum Gasteiger partial charge on any atom is -0.329 e. The molecule has 0 bridgehead atoms. The number of benzene rings is 1. The molecule has 28 heavy (non-hydrogen) atoms. The van der Waals surface area contributed by atoms with Crippen LogP contribution in [0.15, 0.2) is 30.5 Å². The van der Waals surface area contributed by atoms with Crippen molar-refractivity contribution in [2.75, 3.05) is 0 Å². The molecule has 1 atom stereocenters. The molecule has 11 heteroatoms. The van der Waals surface area contributed by atoms with E-state index in [9.17, 15) is 22.4 Å². The second-order valence-corrected chi connectivity index (χ2v) is 6.49. The maximum Gasteiger partial charge on any atom is 0.419 e. The van der Waals surface area contributed by atoms with Crippen LogP contribution in [0.4, 0.5) is 17.6 Å². The number of H-pyrrole nitrogens is 1. The topological polar surface area (TPSA) is 79.7 Å². The van der Waals surface area contributed by atoms with Crippen molar-refractivity contribution in [3.05, 3.63) is 58.8 Å². The highest BCUT2D eigenvalue weighted by Gasteiger charge is 2.38. The van der Waals surface area contributed by atoms with E-state index in [0.717, 1.165) is 17.8 Å². The average molecular weight is 394 g/mol. The van der Waals surface area contributed by atoms with Gasteiger partial charge in [0.05, 0.1) is 29.6 Å². The number of hydrogen-bond acceptors (Lipinski definition) is 4. The molecule has 1 amide bonds. The number of rotatable bonds is 2. The number of amides is 1. The Morgan fingerprint density at radius 1 is 1.29 bits per heavy atom. The van der Waals surface area contributed by atoms with Gasteiger partial charge in [-0.05, 0) is 19.1 Å². The van der Waals surface area contributed by atoms with E-state index < -0.39 is 35.1 Å². The minimum absolute atomic E-state index is 0.0131. The fourth-order valence-corrected chi connectivity index (χ4v) is 3.27. The minimum atomic E-state index is -4.88. The number of carbonyl (C=O) groups excluding carboxylic acids is 1. The lowest BCUT2D eigenvalue weighted by Crippen LogP contribution is -2.43. The number of hydrogen-bond donors (Lipinski definition) is 1. The molecule has 0 aliphatic carbocycles. The van der Waals surface area contributed by atoms with Gasteiger partial charge in [0.15, 0.2) is 5.82 Å². The van der Waals surface area contributed by atoms with E-state index in [2.05, 4.69) is 20.5 Å². The third-order valence-corrected chi connectivity index (χ3v) is 4.69. The molecule has 0 fully saturated rings. The molecule has 146 valence electrons. The molecule has 1 unspecified atom stereocenters. The Labute approximate surface area is 156 Å². The monoisotopic (exact) mass is 394 g/mol. The van der Waals surface area contributed by atoms with E-state index in [0.29, 0.717) is 24.0 Å². The summed E-state index contributed by atoms with van der Waals surface area (Å²) in [4.78, 5) is 14.1. The van der Waals surface area contributed by atoms with E-state index in [1.54, 1.807) is 23.9 Å². The Balaban J connectivity index is 1.66. The standard InChI is InChI=1S/C17H14F4N6O/c1-9-7-13-12(23-25-27(13)14-5-6-22-24-14)8-26(9)16(28)10-3-2-4-11(15(10)18)17(19,20)21/h2-6,9H,7-8H2,1H3,(H,22,24). The van der Waals surface area contributed by atoms with E-state index in [1.165, 1.54) is 4.90 Å². The van der Waals surface area contributed by atoms with Crippen molar-refractivity contribution in [1.82, 2.24) is 30.1 Å². The van der Waals surface area contributed by atoms with Crippen molar-refractivity contribution in [3.63, 3.8) is 0 Å². The number of halogens is 4. The fraction of sp³-hybridized carbons (Fsp3) is 0.294. The molecule has 1 N–H and O–H groups in total. The molecule has 0 saturated carbocycles. The number of aromatic amines is 1. The molecule has 1 aromatic carbocycles. The molecule has 0 spiro atoms. The predicted molar refractivity (Wildman–Crippen MR) is 87.9 cm³/mol. The number of carbonyl (C=O) groups is 1. The Hall–Kier alpha value is -3.24. The van der Waals surface area contributed by atoms with Crippen LogP contribution in [0, 0.1) is 5.82 Å². The smallest absolute Gasteiger partial charge is 0.329 e. The van der Waals surface area contributed by atoms with Crippen molar-refractivity contribution in [2.45, 2.75) is 32.1 Å². The quantitative estimate of drug-likeness (QED) is 0.678. The van der Waals surface area contributed by atoms with Crippen LogP contribution in [0.2, 0.25) is 0 Å². The van der Waals surface area contributed by atoms with Crippen molar-refractivity contribution in [2.24, 2.45) is 0 Å². The zero-order valence-electron chi connectivity index (χ0n) is 14.5. The number of aromatic nitrogens is 5. The van der Waals surface area contributed by atoms with Crippen molar-refractivity contribution in [1.29, 1.82) is 0 Å². The summed E-state index contributed by atoms with van der Waals surface area (Å²) in [6, 6.07) is 3.99. The highest BCUT2D eigenvalue weighted by molar-refractivity contribution is 5.95. The molecule has 0 saturated heterocycles. The lowest BCUT2D eigenvalue weighted by Gasteiger charge is -2.33. The van der Waals surface area contributed by atoms with Gasteiger partial charge in [-0.3, -0.25) is 9.89 Å². The Bertz CT molecular complexity index is 1030. The molecule has 3 aromatic rings. The maximum atomic E-state index is 14.4. The molecule has 7 nitrogen and oxygen atoms in total. The molecule has 3 heterocycles. The zero-order valence-corrected chi connectivity index (χ0v) is 14.5. The van der Waals surface area contributed by atoms with Crippen molar-refractivity contribution >= 4 is 5.91 Å². The van der Waals surface area contributed by atoms with Gasteiger partial charge in [-0.25, -0.2) is 4.39 Å². The normalized spacial score (nSPS) is 16.9. The summed E-state index contributed by atoms with van der Waals surface area (Å²) in [5, 5.41) is 14.7. The number of nitrogens with zero attached hydrogens (tertiary/aromatic N) is 5. The van der Waals surface area contributed by atoms with E-state index >= 15 is 0 Å². The van der Waals surface area contributed by atoms with Crippen LogP contribution in [0.25, 0.3) is 5.82 Å². The highest BCUT2D eigenvalue weighted by atomic mass is 19.4. The first-order valence-electron chi connectivity index (χ1n) is 8.37. The summed E-state index contributed by atoms with van der Waals surface area (Å²) in [6.45, 7) is 1.75. The Morgan fingerprint density at radius 3 is 2.75 bits per heavy atom. The third-order valence-electron chi connectivity index (χ3n) is 4.69. The van der Waals surface area contributed by atoms with Gasteiger partial charge >= 0.3 is 6.18 Å². The van der Waals surface area contributed by atoms with Gasteiger partial charge in [0.2, 0.25) is 0 Å². The molecule has 0 radical (unpaired) electrons. The largest absolute Gasteiger partial charge is 0.419 e. The van der Waals surface area contributed by atoms with Gasteiger partial charge in [0.1, 0.15) is 11.5 Å². The maximum absolute atomic E-state index is 14.4. The second kappa shape index (κ2) is 6.43. The molecule has 1 aliphatic rings. The van der Waals surface area contributed by atoms with Crippen LogP contribution >= 0.6 is 0 Å². The Morgan fingerprint density at radius 2 is 2.07 bits per heavy atom. The summed E-state index contributed by atoms with van der Waals surface area (Å²) >= 11 is 0. The van der Waals surface area contributed by atoms with Crippen LogP contribution in [-0.4, -0.2) is 42.0 Å². The molecule has 2 aromatic heterocycles.